The van der Waals surface area contributed by atoms with Crippen LogP contribution < -0.4 is 9.47 Å². The maximum atomic E-state index is 14.6. The topological polar surface area (TPSA) is 27.7 Å². The van der Waals surface area contributed by atoms with Gasteiger partial charge < -0.3 is 14.2 Å². The summed E-state index contributed by atoms with van der Waals surface area (Å²) in [6, 6.07) is 3.96. The third kappa shape index (κ3) is 7.00. The Kier molecular flexibility index (Phi) is 8.82. The maximum Gasteiger partial charge on any atom is 0.424 e. The summed E-state index contributed by atoms with van der Waals surface area (Å²) >= 11 is 0. The van der Waals surface area contributed by atoms with Gasteiger partial charge in [0.1, 0.15) is 5.75 Å². The molecule has 1 aliphatic rings. The van der Waals surface area contributed by atoms with E-state index in [1.807, 2.05) is 19.1 Å². The van der Waals surface area contributed by atoms with Gasteiger partial charge in [-0.05, 0) is 67.0 Å². The number of alkyl halides is 2. The molecule has 10 heteroatoms. The smallest absolute Gasteiger partial charge is 0.424 e. The van der Waals surface area contributed by atoms with Crippen molar-refractivity contribution >= 4 is 0 Å². The van der Waals surface area contributed by atoms with Crippen LogP contribution in [-0.2, 0) is 4.74 Å². The lowest BCUT2D eigenvalue weighted by Gasteiger charge is -2.33. The quantitative estimate of drug-likeness (QED) is 0.196. The van der Waals surface area contributed by atoms with E-state index < -0.39 is 41.7 Å². The first kappa shape index (κ1) is 26.6. The van der Waals surface area contributed by atoms with Gasteiger partial charge in [-0.3, -0.25) is 0 Å². The Bertz CT molecular complexity index is 1030. The Hall–Kier alpha value is -3.01. The fraction of sp³-hybridized carbons (Fsp3) is 0.360. The van der Waals surface area contributed by atoms with E-state index in [0.717, 1.165) is 25.0 Å². The average Bonchev–Trinajstić information content (AvgIpc) is 2.82. The molecule has 0 aromatic heterocycles. The second-order valence-corrected chi connectivity index (χ2v) is 7.97. The van der Waals surface area contributed by atoms with E-state index in [1.165, 1.54) is 24.3 Å². The molecule has 2 atom stereocenters. The fourth-order valence-electron chi connectivity index (χ4n) is 3.60. The minimum Gasteiger partial charge on any atom is -0.431 e. The summed E-state index contributed by atoms with van der Waals surface area (Å²) in [7, 11) is 0. The summed E-state index contributed by atoms with van der Waals surface area (Å²) < 4.78 is 109. The predicted octanol–water partition coefficient (Wildman–Crippen LogP) is 8.17. The molecule has 0 aliphatic carbocycles. The highest BCUT2D eigenvalue weighted by molar-refractivity contribution is 5.65. The summed E-state index contributed by atoms with van der Waals surface area (Å²) in [5.41, 5.74) is 0.143. The number of ether oxygens (including phenoxy) is 3. The van der Waals surface area contributed by atoms with Crippen molar-refractivity contribution < 1.29 is 44.9 Å². The lowest BCUT2D eigenvalue weighted by Crippen LogP contribution is -2.44. The van der Waals surface area contributed by atoms with Crippen LogP contribution >= 0.6 is 0 Å². The summed E-state index contributed by atoms with van der Waals surface area (Å²) in [6.45, 7) is 2.21. The molecule has 0 N–H and O–H groups in total. The summed E-state index contributed by atoms with van der Waals surface area (Å²) in [4.78, 5) is 0. The van der Waals surface area contributed by atoms with Gasteiger partial charge in [-0.1, -0.05) is 31.2 Å². The van der Waals surface area contributed by atoms with E-state index in [9.17, 15) is 30.7 Å². The molecule has 35 heavy (non-hydrogen) atoms. The minimum absolute atomic E-state index is 0.0606. The van der Waals surface area contributed by atoms with Crippen molar-refractivity contribution in [2.45, 2.75) is 44.8 Å². The van der Waals surface area contributed by atoms with Crippen LogP contribution in [0.5, 0.6) is 11.5 Å². The van der Waals surface area contributed by atoms with Gasteiger partial charge in [0.15, 0.2) is 17.7 Å². The van der Waals surface area contributed by atoms with Gasteiger partial charge in [-0.15, -0.1) is 0 Å². The van der Waals surface area contributed by atoms with Crippen LogP contribution in [0.1, 0.15) is 32.6 Å². The van der Waals surface area contributed by atoms with Crippen LogP contribution in [-0.4, -0.2) is 18.8 Å². The van der Waals surface area contributed by atoms with Gasteiger partial charge in [0.25, 0.3) is 0 Å². The molecule has 1 heterocycles. The molecule has 0 amide bonds. The largest absolute Gasteiger partial charge is 0.431 e. The molecule has 0 spiro atoms. The lowest BCUT2D eigenvalue weighted by atomic mass is 9.95. The molecule has 190 valence electrons. The average molecular weight is 504 g/mol. The molecule has 0 saturated carbocycles. The van der Waals surface area contributed by atoms with Gasteiger partial charge in [0.2, 0.25) is 5.75 Å². The summed E-state index contributed by atoms with van der Waals surface area (Å²) in [6.07, 6.45) is -1.46. The Labute approximate surface area is 197 Å². The zero-order chi connectivity index (χ0) is 25.6. The van der Waals surface area contributed by atoms with Gasteiger partial charge >= 0.3 is 18.2 Å². The summed E-state index contributed by atoms with van der Waals surface area (Å²) in [5.74, 6) is -4.22. The minimum atomic E-state index is -3.59. The van der Waals surface area contributed by atoms with E-state index in [2.05, 4.69) is 4.74 Å². The zero-order valence-electron chi connectivity index (χ0n) is 18.7. The van der Waals surface area contributed by atoms with Gasteiger partial charge in [-0.25, -0.2) is 8.78 Å². The normalized spacial score (nSPS) is 18.5. The lowest BCUT2D eigenvalue weighted by molar-refractivity contribution is -0.264. The molecule has 2 aromatic rings. The van der Waals surface area contributed by atoms with Crippen LogP contribution in [0.3, 0.4) is 0 Å². The van der Waals surface area contributed by atoms with Crippen molar-refractivity contribution in [3.05, 3.63) is 72.3 Å². The van der Waals surface area contributed by atoms with Crippen molar-refractivity contribution in [3.63, 3.8) is 0 Å². The standard InChI is InChI=1S/C25H23F7O3/c1-2-3-4-5-15-6-11-21(33-14-15)25(31,32)35-18-9-7-16(8-10-18)17-12-19(26)22(20(27)13-17)34-24(30)23(28)29/h3-4,7-10,12-13,15,21H,2,5-6,11,14H2,1H3. The number of allylic oxidation sites excluding steroid dienone is 2. The maximum absolute atomic E-state index is 14.6. The van der Waals surface area contributed by atoms with Crippen molar-refractivity contribution in [2.75, 3.05) is 6.61 Å². The highest BCUT2D eigenvalue weighted by Crippen LogP contribution is 2.35. The number of hydrogen-bond acceptors (Lipinski definition) is 3. The molecular formula is C25H23F7O3. The van der Waals surface area contributed by atoms with E-state index in [0.29, 0.717) is 6.42 Å². The van der Waals surface area contributed by atoms with Crippen molar-refractivity contribution in [3.8, 4) is 22.6 Å². The number of halogens is 7. The van der Waals surface area contributed by atoms with E-state index >= 15 is 0 Å². The Balaban J connectivity index is 1.65. The molecule has 1 fully saturated rings. The number of benzene rings is 2. The second-order valence-electron chi connectivity index (χ2n) is 7.97. The van der Waals surface area contributed by atoms with Crippen molar-refractivity contribution in [1.29, 1.82) is 0 Å². The molecular weight excluding hydrogens is 481 g/mol. The van der Waals surface area contributed by atoms with Crippen molar-refractivity contribution in [1.82, 2.24) is 0 Å². The van der Waals surface area contributed by atoms with Gasteiger partial charge in [0.05, 0.1) is 6.61 Å². The number of hydrogen-bond donors (Lipinski definition) is 0. The predicted molar refractivity (Wildman–Crippen MR) is 115 cm³/mol. The fourth-order valence-corrected chi connectivity index (χ4v) is 3.60. The molecule has 3 rings (SSSR count). The first-order valence-corrected chi connectivity index (χ1v) is 10.9. The Morgan fingerprint density at radius 1 is 1.00 bits per heavy atom. The van der Waals surface area contributed by atoms with Crippen LogP contribution in [0.2, 0.25) is 0 Å². The second kappa shape index (κ2) is 11.6. The zero-order valence-corrected chi connectivity index (χ0v) is 18.7. The molecule has 1 aliphatic heterocycles. The summed E-state index contributed by atoms with van der Waals surface area (Å²) in [5, 5.41) is 0. The molecule has 1 saturated heterocycles. The SMILES string of the molecule is CCC=CCC1CCC(C(F)(F)Oc2ccc(-c3cc(F)c(OC(F)=C(F)F)c(F)c3)cc2)OC1. The molecule has 2 aromatic carbocycles. The Morgan fingerprint density at radius 2 is 1.66 bits per heavy atom. The molecule has 3 nitrogen and oxygen atoms in total. The number of rotatable bonds is 9. The highest BCUT2D eigenvalue weighted by Gasteiger charge is 2.45. The van der Waals surface area contributed by atoms with Gasteiger partial charge in [-0.2, -0.15) is 22.0 Å². The highest BCUT2D eigenvalue weighted by atomic mass is 19.3. The van der Waals surface area contributed by atoms with E-state index in [4.69, 9.17) is 9.47 Å². The van der Waals surface area contributed by atoms with E-state index in [1.54, 1.807) is 0 Å². The van der Waals surface area contributed by atoms with Crippen LogP contribution in [0.25, 0.3) is 11.1 Å². The monoisotopic (exact) mass is 504 g/mol. The van der Waals surface area contributed by atoms with Crippen LogP contribution in [0, 0.1) is 17.6 Å². The van der Waals surface area contributed by atoms with E-state index in [-0.39, 0.29) is 35.8 Å². The first-order chi connectivity index (χ1) is 16.6. The Morgan fingerprint density at radius 3 is 2.20 bits per heavy atom. The molecule has 0 bridgehead atoms. The first-order valence-electron chi connectivity index (χ1n) is 10.9. The third-order valence-electron chi connectivity index (χ3n) is 5.40. The van der Waals surface area contributed by atoms with Gasteiger partial charge in [0, 0.05) is 0 Å². The van der Waals surface area contributed by atoms with Crippen LogP contribution in [0.15, 0.2) is 60.6 Å². The molecule has 2 unspecified atom stereocenters. The van der Waals surface area contributed by atoms with Crippen molar-refractivity contribution in [2.24, 2.45) is 5.92 Å². The van der Waals surface area contributed by atoms with Crippen LogP contribution in [0.4, 0.5) is 30.7 Å². The third-order valence-corrected chi connectivity index (χ3v) is 5.40. The molecule has 0 radical (unpaired) electrons.